The summed E-state index contributed by atoms with van der Waals surface area (Å²) in [5, 5.41) is 10.3. The number of hydrogen-bond donors (Lipinski definition) is 0. The standard InChI is InChI=1S/C28H22O/c1-16(2)25-17(3)12-13-23-27-24(29-28(23)25)15-14-22-20-10-5-4-8-18(20)19-9-6-7-11-21(19)26(22)27/h4-16H,1-3H3. The van der Waals surface area contributed by atoms with Crippen molar-refractivity contribution < 1.29 is 4.42 Å². The van der Waals surface area contributed by atoms with Gasteiger partial charge in [0.25, 0.3) is 0 Å². The summed E-state index contributed by atoms with van der Waals surface area (Å²) >= 11 is 0. The van der Waals surface area contributed by atoms with Crippen molar-refractivity contribution in [3.05, 3.63) is 83.9 Å². The van der Waals surface area contributed by atoms with E-state index < -0.39 is 0 Å². The summed E-state index contributed by atoms with van der Waals surface area (Å²) in [6.45, 7) is 6.68. The van der Waals surface area contributed by atoms with Crippen LogP contribution in [0.15, 0.2) is 77.2 Å². The first kappa shape index (κ1) is 16.6. The number of aryl methyl sites for hydroxylation is 1. The van der Waals surface area contributed by atoms with Crippen LogP contribution < -0.4 is 0 Å². The topological polar surface area (TPSA) is 13.1 Å². The molecule has 0 atom stereocenters. The number of furan rings is 1. The van der Waals surface area contributed by atoms with E-state index in [4.69, 9.17) is 4.42 Å². The van der Waals surface area contributed by atoms with Gasteiger partial charge in [-0.3, -0.25) is 0 Å². The van der Waals surface area contributed by atoms with Crippen molar-refractivity contribution in [2.24, 2.45) is 0 Å². The smallest absolute Gasteiger partial charge is 0.139 e. The Hall–Kier alpha value is -3.32. The molecule has 0 spiro atoms. The summed E-state index contributed by atoms with van der Waals surface area (Å²) < 4.78 is 6.49. The summed E-state index contributed by atoms with van der Waals surface area (Å²) in [5.41, 5.74) is 4.63. The van der Waals surface area contributed by atoms with Crippen molar-refractivity contribution in [1.82, 2.24) is 0 Å². The van der Waals surface area contributed by atoms with Crippen molar-refractivity contribution in [3.8, 4) is 0 Å². The molecule has 0 aliphatic heterocycles. The fraction of sp³-hybridized carbons (Fsp3) is 0.143. The predicted octanol–water partition coefficient (Wildman–Crippen LogP) is 8.48. The summed E-state index contributed by atoms with van der Waals surface area (Å²) in [5.74, 6) is 0.420. The Morgan fingerprint density at radius 3 is 1.79 bits per heavy atom. The molecule has 0 bridgehead atoms. The molecule has 1 nitrogen and oxygen atoms in total. The predicted molar refractivity (Wildman–Crippen MR) is 125 cm³/mol. The van der Waals surface area contributed by atoms with Gasteiger partial charge in [0.1, 0.15) is 11.2 Å². The Balaban J connectivity index is 1.96. The summed E-state index contributed by atoms with van der Waals surface area (Å²) in [7, 11) is 0. The van der Waals surface area contributed by atoms with Crippen molar-refractivity contribution in [3.63, 3.8) is 0 Å². The highest BCUT2D eigenvalue weighted by Gasteiger charge is 2.19. The van der Waals surface area contributed by atoms with Gasteiger partial charge < -0.3 is 4.42 Å². The van der Waals surface area contributed by atoms with E-state index in [1.54, 1.807) is 0 Å². The lowest BCUT2D eigenvalue weighted by Gasteiger charge is -2.11. The Morgan fingerprint density at radius 1 is 0.586 bits per heavy atom. The minimum Gasteiger partial charge on any atom is -0.456 e. The molecule has 0 N–H and O–H groups in total. The molecular formula is C28H22O. The molecule has 0 radical (unpaired) electrons. The largest absolute Gasteiger partial charge is 0.456 e. The fourth-order valence-corrected chi connectivity index (χ4v) is 5.16. The van der Waals surface area contributed by atoms with Crippen LogP contribution in [-0.2, 0) is 0 Å². The minimum absolute atomic E-state index is 0.420. The highest BCUT2D eigenvalue weighted by molar-refractivity contribution is 6.34. The average Bonchev–Trinajstić information content (AvgIpc) is 3.11. The maximum absolute atomic E-state index is 6.49. The first-order valence-corrected chi connectivity index (χ1v) is 10.3. The highest BCUT2D eigenvalue weighted by atomic mass is 16.3. The van der Waals surface area contributed by atoms with E-state index in [-0.39, 0.29) is 0 Å². The van der Waals surface area contributed by atoms with Gasteiger partial charge in [-0.25, -0.2) is 0 Å². The number of fused-ring (bicyclic) bond motifs is 10. The van der Waals surface area contributed by atoms with Crippen molar-refractivity contribution in [1.29, 1.82) is 0 Å². The molecule has 140 valence electrons. The molecule has 0 aliphatic rings. The van der Waals surface area contributed by atoms with Crippen LogP contribution in [0.3, 0.4) is 0 Å². The van der Waals surface area contributed by atoms with E-state index in [1.807, 2.05) is 0 Å². The third-order valence-electron chi connectivity index (χ3n) is 6.34. The minimum atomic E-state index is 0.420. The molecule has 1 heterocycles. The Kier molecular flexibility index (Phi) is 3.35. The van der Waals surface area contributed by atoms with E-state index in [1.165, 1.54) is 54.2 Å². The number of rotatable bonds is 1. The van der Waals surface area contributed by atoms with Gasteiger partial charge in [-0.1, -0.05) is 74.5 Å². The Bertz CT molecular complexity index is 1550. The molecule has 0 saturated heterocycles. The third kappa shape index (κ3) is 2.16. The van der Waals surface area contributed by atoms with Gasteiger partial charge in [0, 0.05) is 21.7 Å². The van der Waals surface area contributed by atoms with Gasteiger partial charge in [-0.15, -0.1) is 0 Å². The van der Waals surface area contributed by atoms with Gasteiger partial charge in [0.15, 0.2) is 0 Å². The van der Waals surface area contributed by atoms with Crippen LogP contribution >= 0.6 is 0 Å². The molecule has 6 rings (SSSR count). The fourth-order valence-electron chi connectivity index (χ4n) is 5.16. The second-order valence-corrected chi connectivity index (χ2v) is 8.38. The van der Waals surface area contributed by atoms with Crippen LogP contribution in [0.2, 0.25) is 0 Å². The van der Waals surface area contributed by atoms with Crippen LogP contribution in [0.1, 0.15) is 30.9 Å². The summed E-state index contributed by atoms with van der Waals surface area (Å²) in [6.07, 6.45) is 0. The molecule has 0 fully saturated rings. The Labute approximate surface area is 169 Å². The van der Waals surface area contributed by atoms with Crippen LogP contribution in [0.4, 0.5) is 0 Å². The molecule has 0 aliphatic carbocycles. The van der Waals surface area contributed by atoms with Crippen molar-refractivity contribution in [2.75, 3.05) is 0 Å². The molecule has 6 aromatic rings. The SMILES string of the molecule is Cc1ccc2c(oc3ccc4c5ccccc5c5ccccc5c4c32)c1C(C)C. The van der Waals surface area contributed by atoms with Gasteiger partial charge in [-0.05, 0) is 57.5 Å². The summed E-state index contributed by atoms with van der Waals surface area (Å²) in [4.78, 5) is 0. The highest BCUT2D eigenvalue weighted by Crippen LogP contribution is 2.43. The lowest BCUT2D eigenvalue weighted by molar-refractivity contribution is 0.656. The van der Waals surface area contributed by atoms with E-state index in [0.717, 1.165) is 11.2 Å². The first-order valence-electron chi connectivity index (χ1n) is 10.3. The van der Waals surface area contributed by atoms with E-state index in [9.17, 15) is 0 Å². The van der Waals surface area contributed by atoms with E-state index >= 15 is 0 Å². The molecule has 0 unspecified atom stereocenters. The Morgan fingerprint density at radius 2 is 1.14 bits per heavy atom. The zero-order valence-corrected chi connectivity index (χ0v) is 16.9. The number of hydrogen-bond acceptors (Lipinski definition) is 1. The lowest BCUT2D eigenvalue weighted by Crippen LogP contribution is -1.92. The summed E-state index contributed by atoms with van der Waals surface area (Å²) in [6, 6.07) is 26.4. The number of benzene rings is 5. The second-order valence-electron chi connectivity index (χ2n) is 8.38. The van der Waals surface area contributed by atoms with Crippen LogP contribution in [0.25, 0.3) is 54.3 Å². The van der Waals surface area contributed by atoms with Crippen LogP contribution in [-0.4, -0.2) is 0 Å². The molecule has 1 heteroatoms. The zero-order chi connectivity index (χ0) is 19.7. The average molecular weight is 374 g/mol. The lowest BCUT2D eigenvalue weighted by atomic mass is 9.90. The van der Waals surface area contributed by atoms with Gasteiger partial charge in [0.05, 0.1) is 0 Å². The van der Waals surface area contributed by atoms with Gasteiger partial charge >= 0.3 is 0 Å². The first-order chi connectivity index (χ1) is 14.1. The molecule has 1 aromatic heterocycles. The molecular weight excluding hydrogens is 352 g/mol. The third-order valence-corrected chi connectivity index (χ3v) is 6.34. The molecule has 5 aromatic carbocycles. The van der Waals surface area contributed by atoms with E-state index in [2.05, 4.69) is 93.6 Å². The maximum Gasteiger partial charge on any atom is 0.139 e. The van der Waals surface area contributed by atoms with Crippen molar-refractivity contribution in [2.45, 2.75) is 26.7 Å². The normalized spacial score (nSPS) is 12.3. The van der Waals surface area contributed by atoms with Crippen molar-refractivity contribution >= 4 is 54.3 Å². The zero-order valence-electron chi connectivity index (χ0n) is 16.9. The van der Waals surface area contributed by atoms with Gasteiger partial charge in [0.2, 0.25) is 0 Å². The maximum atomic E-state index is 6.49. The molecule has 29 heavy (non-hydrogen) atoms. The van der Waals surface area contributed by atoms with Gasteiger partial charge in [-0.2, -0.15) is 0 Å². The van der Waals surface area contributed by atoms with Crippen LogP contribution in [0.5, 0.6) is 0 Å². The quantitative estimate of drug-likeness (QED) is 0.263. The monoisotopic (exact) mass is 374 g/mol. The molecule has 0 saturated carbocycles. The molecule has 0 amide bonds. The van der Waals surface area contributed by atoms with Crippen LogP contribution in [0, 0.1) is 6.92 Å². The van der Waals surface area contributed by atoms with E-state index in [0.29, 0.717) is 5.92 Å². The second kappa shape index (κ2) is 5.84.